The Morgan fingerprint density at radius 3 is 2.83 bits per heavy atom. The molecular formula is C19H16BrCl2N5O2S. The second-order valence-corrected chi connectivity index (χ2v) is 8.56. The molecule has 0 saturated carbocycles. The van der Waals surface area contributed by atoms with Gasteiger partial charge < -0.3 is 10.1 Å². The van der Waals surface area contributed by atoms with Crippen molar-refractivity contribution in [3.8, 4) is 5.75 Å². The molecule has 30 heavy (non-hydrogen) atoms. The van der Waals surface area contributed by atoms with E-state index >= 15 is 0 Å². The first-order chi connectivity index (χ1) is 14.5. The summed E-state index contributed by atoms with van der Waals surface area (Å²) in [5.41, 5.74) is 0. The summed E-state index contributed by atoms with van der Waals surface area (Å²) in [5.74, 6) is 1.50. The number of hydrogen-bond acceptors (Lipinski definition) is 6. The van der Waals surface area contributed by atoms with Crippen molar-refractivity contribution in [2.45, 2.75) is 18.3 Å². The minimum Gasteiger partial charge on any atom is -0.484 e. The molecule has 1 aromatic carbocycles. The number of halogens is 3. The third-order valence-electron chi connectivity index (χ3n) is 3.68. The van der Waals surface area contributed by atoms with Crippen molar-refractivity contribution in [2.24, 2.45) is 0 Å². The van der Waals surface area contributed by atoms with Crippen molar-refractivity contribution in [2.75, 3.05) is 11.1 Å². The van der Waals surface area contributed by atoms with Gasteiger partial charge >= 0.3 is 0 Å². The Balaban J connectivity index is 1.62. The van der Waals surface area contributed by atoms with E-state index in [1.54, 1.807) is 42.6 Å². The number of carbonyl (C=O) groups is 1. The SMILES string of the molecule is C=CCn1c(COc2ccc(Cl)cc2Cl)nnc1SCC(=O)Nc1ccc(Br)cn1. The Bertz CT molecular complexity index is 1050. The number of hydrogen-bond donors (Lipinski definition) is 1. The topological polar surface area (TPSA) is 81.9 Å². The molecule has 0 unspecified atom stereocenters. The van der Waals surface area contributed by atoms with Crippen LogP contribution in [0.1, 0.15) is 5.82 Å². The monoisotopic (exact) mass is 527 g/mol. The number of benzene rings is 1. The zero-order valence-electron chi connectivity index (χ0n) is 15.5. The molecular weight excluding hydrogens is 513 g/mol. The summed E-state index contributed by atoms with van der Waals surface area (Å²) in [5, 5.41) is 12.6. The summed E-state index contributed by atoms with van der Waals surface area (Å²) in [4.78, 5) is 16.3. The number of rotatable bonds is 9. The Labute approximate surface area is 196 Å². The average Bonchev–Trinajstić information content (AvgIpc) is 3.09. The number of aromatic nitrogens is 4. The lowest BCUT2D eigenvalue weighted by molar-refractivity contribution is -0.113. The third-order valence-corrected chi connectivity index (χ3v) is 5.65. The molecule has 0 aliphatic heterocycles. The van der Waals surface area contributed by atoms with Gasteiger partial charge in [0.25, 0.3) is 0 Å². The fraction of sp³-hybridized carbons (Fsp3) is 0.158. The molecule has 7 nitrogen and oxygen atoms in total. The molecule has 3 rings (SSSR count). The molecule has 0 spiro atoms. The van der Waals surface area contributed by atoms with E-state index in [0.29, 0.717) is 39.1 Å². The smallest absolute Gasteiger partial charge is 0.236 e. The zero-order chi connectivity index (χ0) is 21.5. The maximum atomic E-state index is 12.2. The quantitative estimate of drug-likeness (QED) is 0.302. The highest BCUT2D eigenvalue weighted by Gasteiger charge is 2.15. The van der Waals surface area contributed by atoms with E-state index in [-0.39, 0.29) is 18.3 Å². The molecule has 11 heteroatoms. The van der Waals surface area contributed by atoms with Crippen LogP contribution >= 0.6 is 50.9 Å². The first kappa shape index (κ1) is 22.6. The Morgan fingerprint density at radius 1 is 1.30 bits per heavy atom. The van der Waals surface area contributed by atoms with Gasteiger partial charge in [0.1, 0.15) is 18.2 Å². The predicted molar refractivity (Wildman–Crippen MR) is 122 cm³/mol. The normalized spacial score (nSPS) is 10.6. The summed E-state index contributed by atoms with van der Waals surface area (Å²) >= 11 is 16.6. The molecule has 0 fully saturated rings. The van der Waals surface area contributed by atoms with Crippen molar-refractivity contribution < 1.29 is 9.53 Å². The van der Waals surface area contributed by atoms with E-state index in [4.69, 9.17) is 27.9 Å². The van der Waals surface area contributed by atoms with Crippen LogP contribution < -0.4 is 10.1 Å². The molecule has 0 radical (unpaired) electrons. The molecule has 3 aromatic rings. The minimum absolute atomic E-state index is 0.150. The van der Waals surface area contributed by atoms with Crippen LogP contribution in [0.25, 0.3) is 0 Å². The molecule has 0 aliphatic rings. The summed E-state index contributed by atoms with van der Waals surface area (Å²) < 4.78 is 8.40. The lowest BCUT2D eigenvalue weighted by Gasteiger charge is -2.10. The van der Waals surface area contributed by atoms with Crippen LogP contribution in [0, 0.1) is 0 Å². The van der Waals surface area contributed by atoms with Crippen LogP contribution in [0.15, 0.2) is 58.8 Å². The first-order valence-electron chi connectivity index (χ1n) is 8.61. The molecule has 156 valence electrons. The van der Waals surface area contributed by atoms with Gasteiger partial charge in [0.15, 0.2) is 11.0 Å². The second kappa shape index (κ2) is 10.8. The van der Waals surface area contributed by atoms with Crippen LogP contribution in [-0.4, -0.2) is 31.4 Å². The van der Waals surface area contributed by atoms with Gasteiger partial charge in [0.05, 0.1) is 10.8 Å². The van der Waals surface area contributed by atoms with E-state index < -0.39 is 0 Å². The van der Waals surface area contributed by atoms with Crippen LogP contribution in [-0.2, 0) is 17.9 Å². The van der Waals surface area contributed by atoms with Crippen LogP contribution in [0.5, 0.6) is 5.75 Å². The lowest BCUT2D eigenvalue weighted by Crippen LogP contribution is -2.15. The van der Waals surface area contributed by atoms with E-state index in [0.717, 1.165) is 4.47 Å². The fourth-order valence-electron chi connectivity index (χ4n) is 2.34. The van der Waals surface area contributed by atoms with Crippen LogP contribution in [0.2, 0.25) is 10.0 Å². The third kappa shape index (κ3) is 6.21. The maximum absolute atomic E-state index is 12.2. The highest BCUT2D eigenvalue weighted by molar-refractivity contribution is 9.10. The van der Waals surface area contributed by atoms with Gasteiger partial charge in [0.2, 0.25) is 5.91 Å². The van der Waals surface area contributed by atoms with E-state index in [1.807, 2.05) is 4.57 Å². The highest BCUT2D eigenvalue weighted by atomic mass is 79.9. The predicted octanol–water partition coefficient (Wildman–Crippen LogP) is 5.24. The minimum atomic E-state index is -0.200. The zero-order valence-corrected chi connectivity index (χ0v) is 19.4. The average molecular weight is 529 g/mol. The van der Waals surface area contributed by atoms with E-state index in [9.17, 15) is 4.79 Å². The Morgan fingerprint density at radius 2 is 2.13 bits per heavy atom. The van der Waals surface area contributed by atoms with Gasteiger partial charge in [-0.2, -0.15) is 0 Å². The summed E-state index contributed by atoms with van der Waals surface area (Å²) in [7, 11) is 0. The lowest BCUT2D eigenvalue weighted by atomic mass is 10.3. The van der Waals surface area contributed by atoms with Crippen LogP contribution in [0.3, 0.4) is 0 Å². The number of nitrogens with one attached hydrogen (secondary N) is 1. The number of carbonyl (C=O) groups excluding carboxylic acids is 1. The van der Waals surface area contributed by atoms with Crippen molar-refractivity contribution in [1.82, 2.24) is 19.7 Å². The number of anilines is 1. The van der Waals surface area contributed by atoms with Gasteiger partial charge in [-0.15, -0.1) is 16.8 Å². The largest absolute Gasteiger partial charge is 0.484 e. The summed E-state index contributed by atoms with van der Waals surface area (Å²) in [6, 6.07) is 8.50. The van der Waals surface area contributed by atoms with Crippen molar-refractivity contribution in [3.05, 3.63) is 69.5 Å². The van der Waals surface area contributed by atoms with Gasteiger partial charge in [-0.05, 0) is 46.3 Å². The number of amides is 1. The van der Waals surface area contributed by atoms with Crippen molar-refractivity contribution in [3.63, 3.8) is 0 Å². The maximum Gasteiger partial charge on any atom is 0.236 e. The van der Waals surface area contributed by atoms with E-state index in [2.05, 4.69) is 43.0 Å². The molecule has 1 amide bonds. The Kier molecular flexibility index (Phi) is 8.15. The summed E-state index contributed by atoms with van der Waals surface area (Å²) in [6.07, 6.45) is 3.33. The molecule has 0 aliphatic carbocycles. The number of thioether (sulfide) groups is 1. The first-order valence-corrected chi connectivity index (χ1v) is 11.1. The molecule has 0 saturated heterocycles. The van der Waals surface area contributed by atoms with Gasteiger partial charge in [-0.25, -0.2) is 4.98 Å². The number of nitrogens with zero attached hydrogens (tertiary/aromatic N) is 4. The Hall–Kier alpha value is -2.07. The van der Waals surface area contributed by atoms with Gasteiger partial charge in [-0.3, -0.25) is 9.36 Å². The number of pyridine rings is 1. The molecule has 2 aromatic heterocycles. The molecule has 2 heterocycles. The standard InChI is InChI=1S/C19H16BrCl2N5O2S/c1-2-7-27-17(10-29-15-5-4-13(21)8-14(15)22)25-26-19(27)30-11-18(28)24-16-6-3-12(20)9-23-16/h2-6,8-9H,1,7,10-11H2,(H,23,24,28). The van der Waals surface area contributed by atoms with Crippen molar-refractivity contribution in [1.29, 1.82) is 0 Å². The molecule has 0 atom stereocenters. The fourth-order valence-corrected chi connectivity index (χ4v) is 3.80. The van der Waals surface area contributed by atoms with Gasteiger partial charge in [-0.1, -0.05) is 41.0 Å². The van der Waals surface area contributed by atoms with Crippen molar-refractivity contribution >= 4 is 62.6 Å². The van der Waals surface area contributed by atoms with E-state index in [1.165, 1.54) is 11.8 Å². The summed E-state index contributed by atoms with van der Waals surface area (Å²) in [6.45, 7) is 4.39. The highest BCUT2D eigenvalue weighted by Crippen LogP contribution is 2.28. The molecule has 0 bridgehead atoms. The number of ether oxygens (including phenoxy) is 1. The second-order valence-electron chi connectivity index (χ2n) is 5.86. The van der Waals surface area contributed by atoms with Gasteiger partial charge in [0, 0.05) is 22.2 Å². The molecule has 1 N–H and O–H groups in total. The number of allylic oxidation sites excluding steroid dienone is 1. The van der Waals surface area contributed by atoms with Crippen LogP contribution in [0.4, 0.5) is 5.82 Å².